The lowest BCUT2D eigenvalue weighted by atomic mass is 9.98. The number of aromatic amines is 1. The van der Waals surface area contributed by atoms with Gasteiger partial charge < -0.3 is 24.9 Å². The van der Waals surface area contributed by atoms with E-state index < -0.39 is 12.0 Å². The SMILES string of the molecule is COC(=O)C(COCc1ccc(F)cc1)NC(=O)Cc1ccc(-c2cccc(-c3cc4ccncc4[nH]3)c2O)cc1. The number of hydrogen-bond acceptors (Lipinski definition) is 6. The van der Waals surface area contributed by atoms with Gasteiger partial charge in [-0.3, -0.25) is 9.78 Å². The van der Waals surface area contributed by atoms with Crippen molar-refractivity contribution in [2.75, 3.05) is 13.7 Å². The molecule has 9 heteroatoms. The highest BCUT2D eigenvalue weighted by atomic mass is 19.1. The number of benzene rings is 3. The molecule has 1 amide bonds. The maximum absolute atomic E-state index is 13.1. The normalized spacial score (nSPS) is 11.8. The van der Waals surface area contributed by atoms with Crippen LogP contribution in [0, 0.1) is 5.82 Å². The molecule has 41 heavy (non-hydrogen) atoms. The van der Waals surface area contributed by atoms with Crippen molar-refractivity contribution in [2.45, 2.75) is 19.1 Å². The summed E-state index contributed by atoms with van der Waals surface area (Å²) in [6.45, 7) is 0.0495. The molecular formula is C32H28FN3O5. The minimum Gasteiger partial charge on any atom is -0.507 e. The largest absolute Gasteiger partial charge is 0.507 e. The van der Waals surface area contributed by atoms with E-state index >= 15 is 0 Å². The van der Waals surface area contributed by atoms with Gasteiger partial charge in [0.25, 0.3) is 0 Å². The van der Waals surface area contributed by atoms with E-state index in [0.29, 0.717) is 11.1 Å². The second-order valence-corrected chi connectivity index (χ2v) is 9.51. The predicted octanol–water partition coefficient (Wildman–Crippen LogP) is 5.16. The van der Waals surface area contributed by atoms with Crippen molar-refractivity contribution in [1.29, 1.82) is 0 Å². The van der Waals surface area contributed by atoms with E-state index in [0.717, 1.165) is 33.3 Å². The van der Waals surface area contributed by atoms with Crippen LogP contribution in [0.2, 0.25) is 0 Å². The minimum atomic E-state index is -0.993. The number of phenols is 1. The van der Waals surface area contributed by atoms with Crippen LogP contribution in [0.4, 0.5) is 4.39 Å². The highest BCUT2D eigenvalue weighted by Crippen LogP contribution is 2.38. The first-order valence-corrected chi connectivity index (χ1v) is 12.9. The fourth-order valence-corrected chi connectivity index (χ4v) is 4.53. The molecule has 1 unspecified atom stereocenters. The molecule has 0 fully saturated rings. The number of carbonyl (C=O) groups is 2. The van der Waals surface area contributed by atoms with Gasteiger partial charge in [-0.15, -0.1) is 0 Å². The molecule has 3 N–H and O–H groups in total. The Morgan fingerprint density at radius 1 is 1.00 bits per heavy atom. The van der Waals surface area contributed by atoms with Gasteiger partial charge in [0.2, 0.25) is 5.91 Å². The molecule has 0 aliphatic rings. The number of phenolic OH excluding ortho intramolecular Hbond substituents is 1. The number of halogens is 1. The van der Waals surface area contributed by atoms with E-state index in [1.807, 2.05) is 42.5 Å². The number of hydrogen-bond donors (Lipinski definition) is 3. The van der Waals surface area contributed by atoms with Gasteiger partial charge in [-0.2, -0.15) is 0 Å². The van der Waals surface area contributed by atoms with E-state index in [9.17, 15) is 19.1 Å². The Labute approximate surface area is 235 Å². The standard InChI is InChI=1S/C32H28FN3O5/c1-40-32(39)29(19-41-18-21-7-11-24(33)12-8-21)36-30(37)15-20-5-9-22(10-6-20)25-3-2-4-26(31(25)38)27-16-23-13-14-34-17-28(23)35-27/h2-14,16-17,29,35,38H,15,18-19H2,1H3,(H,36,37). The summed E-state index contributed by atoms with van der Waals surface area (Å²) in [7, 11) is 1.24. The Morgan fingerprint density at radius 3 is 2.46 bits per heavy atom. The van der Waals surface area contributed by atoms with E-state index in [4.69, 9.17) is 9.47 Å². The number of pyridine rings is 1. The quantitative estimate of drug-likeness (QED) is 0.206. The summed E-state index contributed by atoms with van der Waals surface area (Å²) in [6, 6.07) is 21.5. The van der Waals surface area contributed by atoms with Gasteiger partial charge in [-0.25, -0.2) is 9.18 Å². The van der Waals surface area contributed by atoms with Crippen molar-refractivity contribution < 1.29 is 28.6 Å². The number of carbonyl (C=O) groups excluding carboxylic acids is 2. The molecule has 0 saturated carbocycles. The number of nitrogens with zero attached hydrogens (tertiary/aromatic N) is 1. The second-order valence-electron chi connectivity index (χ2n) is 9.51. The third kappa shape index (κ3) is 6.59. The molecule has 1 atom stereocenters. The smallest absolute Gasteiger partial charge is 0.330 e. The number of rotatable bonds is 10. The van der Waals surface area contributed by atoms with Crippen LogP contribution in [0.1, 0.15) is 11.1 Å². The van der Waals surface area contributed by atoms with Gasteiger partial charge in [0.1, 0.15) is 11.6 Å². The number of ether oxygens (including phenoxy) is 2. The summed E-state index contributed by atoms with van der Waals surface area (Å²) in [5.74, 6) is -1.22. The monoisotopic (exact) mass is 553 g/mol. The average molecular weight is 554 g/mol. The average Bonchev–Trinajstić information content (AvgIpc) is 3.42. The summed E-state index contributed by atoms with van der Waals surface area (Å²) >= 11 is 0. The number of aromatic nitrogens is 2. The van der Waals surface area contributed by atoms with Gasteiger partial charge >= 0.3 is 5.97 Å². The van der Waals surface area contributed by atoms with Gasteiger partial charge in [0.05, 0.1) is 44.2 Å². The molecule has 8 nitrogen and oxygen atoms in total. The Hall–Kier alpha value is -5.02. The van der Waals surface area contributed by atoms with E-state index in [-0.39, 0.29) is 37.1 Å². The molecule has 2 heterocycles. The summed E-state index contributed by atoms with van der Waals surface area (Å²) in [5.41, 5.74) is 5.22. The number of H-pyrrole nitrogens is 1. The number of esters is 1. The number of methoxy groups -OCH3 is 1. The Morgan fingerprint density at radius 2 is 1.73 bits per heavy atom. The molecular weight excluding hydrogens is 525 g/mol. The molecule has 2 aromatic heterocycles. The van der Waals surface area contributed by atoms with Crippen LogP contribution in [-0.4, -0.2) is 46.7 Å². The van der Waals surface area contributed by atoms with E-state index in [1.165, 1.54) is 19.2 Å². The van der Waals surface area contributed by atoms with E-state index in [2.05, 4.69) is 15.3 Å². The number of amides is 1. The van der Waals surface area contributed by atoms with Crippen molar-refractivity contribution in [3.05, 3.63) is 108 Å². The van der Waals surface area contributed by atoms with Crippen molar-refractivity contribution >= 4 is 22.8 Å². The number of nitrogens with one attached hydrogen (secondary N) is 2. The van der Waals surface area contributed by atoms with Crippen LogP contribution in [0.3, 0.4) is 0 Å². The van der Waals surface area contributed by atoms with Gasteiger partial charge in [-0.05, 0) is 47.0 Å². The first-order chi connectivity index (χ1) is 19.9. The van der Waals surface area contributed by atoms with Crippen LogP contribution < -0.4 is 5.32 Å². The lowest BCUT2D eigenvalue weighted by Crippen LogP contribution is -2.45. The molecule has 5 rings (SSSR count). The molecule has 0 radical (unpaired) electrons. The molecule has 0 aliphatic carbocycles. The Bertz CT molecular complexity index is 1630. The minimum absolute atomic E-state index is 0.0286. The Balaban J connectivity index is 1.23. The zero-order valence-electron chi connectivity index (χ0n) is 22.3. The Kier molecular flexibility index (Phi) is 8.36. The fraction of sp³-hybridized carbons (Fsp3) is 0.156. The van der Waals surface area contributed by atoms with Crippen LogP contribution in [0.15, 0.2) is 91.3 Å². The van der Waals surface area contributed by atoms with Crippen molar-refractivity contribution in [3.63, 3.8) is 0 Å². The topological polar surface area (TPSA) is 114 Å². The predicted molar refractivity (Wildman–Crippen MR) is 152 cm³/mol. The highest BCUT2D eigenvalue weighted by molar-refractivity contribution is 5.89. The molecule has 3 aromatic carbocycles. The zero-order chi connectivity index (χ0) is 28.8. The van der Waals surface area contributed by atoms with Crippen molar-refractivity contribution in [1.82, 2.24) is 15.3 Å². The first kappa shape index (κ1) is 27.5. The van der Waals surface area contributed by atoms with Crippen molar-refractivity contribution in [3.8, 4) is 28.1 Å². The number of fused-ring (bicyclic) bond motifs is 1. The summed E-state index contributed by atoms with van der Waals surface area (Å²) in [4.78, 5) is 32.4. The first-order valence-electron chi connectivity index (χ1n) is 12.9. The van der Waals surface area contributed by atoms with Crippen LogP contribution >= 0.6 is 0 Å². The van der Waals surface area contributed by atoms with Crippen LogP contribution in [0.25, 0.3) is 33.3 Å². The van der Waals surface area contributed by atoms with Crippen LogP contribution in [-0.2, 0) is 32.1 Å². The molecule has 0 spiro atoms. The van der Waals surface area contributed by atoms with Gasteiger partial charge in [0, 0.05) is 22.7 Å². The molecule has 5 aromatic rings. The maximum Gasteiger partial charge on any atom is 0.330 e. The van der Waals surface area contributed by atoms with Crippen molar-refractivity contribution in [2.24, 2.45) is 0 Å². The number of aromatic hydroxyl groups is 1. The highest BCUT2D eigenvalue weighted by Gasteiger charge is 2.22. The second kappa shape index (κ2) is 12.4. The van der Waals surface area contributed by atoms with Crippen LogP contribution in [0.5, 0.6) is 5.75 Å². The van der Waals surface area contributed by atoms with E-state index in [1.54, 1.807) is 36.7 Å². The third-order valence-electron chi connectivity index (χ3n) is 6.67. The van der Waals surface area contributed by atoms with Gasteiger partial charge in [0.15, 0.2) is 6.04 Å². The number of para-hydroxylation sites is 1. The van der Waals surface area contributed by atoms with Gasteiger partial charge in [-0.1, -0.05) is 48.5 Å². The third-order valence-corrected chi connectivity index (χ3v) is 6.67. The molecule has 208 valence electrons. The fourth-order valence-electron chi connectivity index (χ4n) is 4.53. The summed E-state index contributed by atoms with van der Waals surface area (Å²) < 4.78 is 23.5. The summed E-state index contributed by atoms with van der Waals surface area (Å²) in [5, 5.41) is 14.7. The lowest BCUT2D eigenvalue weighted by Gasteiger charge is -2.17. The zero-order valence-corrected chi connectivity index (χ0v) is 22.3. The molecule has 0 saturated heterocycles. The molecule has 0 aliphatic heterocycles. The lowest BCUT2D eigenvalue weighted by molar-refractivity contribution is -0.147. The maximum atomic E-state index is 13.1. The summed E-state index contributed by atoms with van der Waals surface area (Å²) in [6.07, 6.45) is 3.49. The molecule has 0 bridgehead atoms.